The van der Waals surface area contributed by atoms with Gasteiger partial charge in [0.05, 0.1) is 31.0 Å². The average molecular weight is 783 g/mol. The van der Waals surface area contributed by atoms with Gasteiger partial charge in [0.15, 0.2) is 11.6 Å². The standard InChI is InChI=1S/C41H47ClN8O4S/c1-25-26(2)55-41-38(25)39(29-9-11-30(42)12-10-29)45-34(40-47-46-27(3)50(40)41)24-36(53)43-15-4-5-16-48-17-19-49(20-18-48)31-8-6-7-28(21-31)22-37(54)44-33-14-13-32(51)23-35(33)52/h6-12,21,33-34H,4-5,13-20,22-24H2,1-3H3,(H,43,53)(H,44,54)/t33?,34-/m0/s1. The SMILES string of the molecule is Cc1sc2c(c1C)C(c1ccc(Cl)cc1)=N[C@@H](CC(=O)NCCCCN1CCN(c3cccc(CC(=O)NC4CCC(=O)CC4=O)c3)CC1)c1nnc(C)n1-2. The van der Waals surface area contributed by atoms with E-state index in [2.05, 4.69) is 61.2 Å². The van der Waals surface area contributed by atoms with E-state index in [4.69, 9.17) is 16.6 Å². The number of thiophene rings is 1. The first-order valence-corrected chi connectivity index (χ1v) is 20.3. The highest BCUT2D eigenvalue weighted by Gasteiger charge is 2.33. The maximum atomic E-state index is 13.4. The van der Waals surface area contributed by atoms with Gasteiger partial charge in [-0.3, -0.25) is 33.6 Å². The first kappa shape index (κ1) is 38.6. The number of hydrogen-bond acceptors (Lipinski definition) is 10. The number of hydrogen-bond donors (Lipinski definition) is 2. The summed E-state index contributed by atoms with van der Waals surface area (Å²) >= 11 is 7.93. The van der Waals surface area contributed by atoms with Crippen molar-refractivity contribution >= 4 is 57.7 Å². The lowest BCUT2D eigenvalue weighted by molar-refractivity contribution is -0.134. The van der Waals surface area contributed by atoms with Crippen molar-refractivity contribution in [2.45, 2.75) is 77.8 Å². The molecule has 2 amide bonds. The number of unbranched alkanes of at least 4 members (excludes halogenated alkanes) is 1. The summed E-state index contributed by atoms with van der Waals surface area (Å²) in [6.07, 6.45) is 2.82. The number of Topliss-reactive ketones (excluding diaryl/α,β-unsaturated/α-hetero) is 2. The maximum Gasteiger partial charge on any atom is 0.225 e. The number of aromatic nitrogens is 3. The molecule has 4 aromatic rings. The molecule has 0 bridgehead atoms. The van der Waals surface area contributed by atoms with Crippen LogP contribution in [0.15, 0.2) is 53.5 Å². The maximum absolute atomic E-state index is 13.4. The van der Waals surface area contributed by atoms with E-state index in [-0.39, 0.29) is 42.6 Å². The van der Waals surface area contributed by atoms with Gasteiger partial charge in [0.1, 0.15) is 22.7 Å². The monoisotopic (exact) mass is 782 g/mol. The Morgan fingerprint density at radius 1 is 0.964 bits per heavy atom. The third-order valence-electron chi connectivity index (χ3n) is 10.8. The minimum absolute atomic E-state index is 0.0554. The third-order valence-corrected chi connectivity index (χ3v) is 12.2. The zero-order valence-corrected chi connectivity index (χ0v) is 33.1. The molecule has 3 aliphatic rings. The number of piperazine rings is 1. The lowest BCUT2D eigenvalue weighted by Crippen LogP contribution is -2.46. The van der Waals surface area contributed by atoms with Crippen molar-refractivity contribution in [3.8, 4) is 5.00 Å². The number of carbonyl (C=O) groups excluding carboxylic acids is 4. The van der Waals surface area contributed by atoms with Crippen molar-refractivity contribution < 1.29 is 19.2 Å². The second-order valence-corrected chi connectivity index (χ2v) is 16.3. The topological polar surface area (TPSA) is 142 Å². The first-order valence-electron chi connectivity index (χ1n) is 19.1. The summed E-state index contributed by atoms with van der Waals surface area (Å²) in [6, 6.07) is 14.6. The summed E-state index contributed by atoms with van der Waals surface area (Å²) in [5.41, 5.74) is 5.95. The Morgan fingerprint density at radius 2 is 1.75 bits per heavy atom. The van der Waals surface area contributed by atoms with E-state index in [0.717, 1.165) is 90.0 Å². The zero-order chi connectivity index (χ0) is 38.6. The van der Waals surface area contributed by atoms with Crippen LogP contribution < -0.4 is 15.5 Å². The van der Waals surface area contributed by atoms with Gasteiger partial charge < -0.3 is 15.5 Å². The van der Waals surface area contributed by atoms with Crippen molar-refractivity contribution in [1.29, 1.82) is 0 Å². The highest BCUT2D eigenvalue weighted by atomic mass is 35.5. The van der Waals surface area contributed by atoms with E-state index in [1.807, 2.05) is 43.3 Å². The van der Waals surface area contributed by atoms with Crippen molar-refractivity contribution in [2.75, 3.05) is 44.2 Å². The molecule has 12 nitrogen and oxygen atoms in total. The lowest BCUT2D eigenvalue weighted by atomic mass is 9.93. The molecule has 0 spiro atoms. The molecule has 2 N–H and O–H groups in total. The Balaban J connectivity index is 0.877. The summed E-state index contributed by atoms with van der Waals surface area (Å²) in [5.74, 6) is 0.911. The van der Waals surface area contributed by atoms with E-state index < -0.39 is 12.1 Å². The Bertz CT molecular complexity index is 2120. The van der Waals surface area contributed by atoms with E-state index in [1.165, 1.54) is 4.88 Å². The first-order chi connectivity index (χ1) is 26.5. The van der Waals surface area contributed by atoms with Crippen LogP contribution in [0, 0.1) is 20.8 Å². The number of nitrogens with zero attached hydrogens (tertiary/aromatic N) is 6. The van der Waals surface area contributed by atoms with Crippen molar-refractivity contribution in [3.63, 3.8) is 0 Å². The van der Waals surface area contributed by atoms with Gasteiger partial charge in [-0.05, 0) is 82.0 Å². The normalized spacial score (nSPS) is 18.7. The Labute approximate surface area is 330 Å². The quantitative estimate of drug-likeness (QED) is 0.147. The second-order valence-electron chi connectivity index (χ2n) is 14.7. The van der Waals surface area contributed by atoms with Crippen LogP contribution in [0.5, 0.6) is 0 Å². The van der Waals surface area contributed by atoms with Gasteiger partial charge in [0, 0.05) is 65.9 Å². The zero-order valence-electron chi connectivity index (χ0n) is 31.6. The molecular formula is C41H47ClN8O4S. The molecule has 2 aromatic heterocycles. The number of anilines is 1. The number of aryl methyl sites for hydroxylation is 2. The number of fused-ring (bicyclic) bond motifs is 3. The Hall–Kier alpha value is -4.72. The molecule has 2 atom stereocenters. The summed E-state index contributed by atoms with van der Waals surface area (Å²) in [6.45, 7) is 11.3. The molecule has 1 saturated carbocycles. The Kier molecular flexibility index (Phi) is 11.9. The number of nitrogens with one attached hydrogen (secondary N) is 2. The van der Waals surface area contributed by atoms with Crippen LogP contribution in [0.25, 0.3) is 5.00 Å². The third kappa shape index (κ3) is 8.90. The molecule has 288 valence electrons. The second kappa shape index (κ2) is 17.0. The molecule has 2 fully saturated rings. The van der Waals surface area contributed by atoms with Gasteiger partial charge in [0.2, 0.25) is 11.8 Å². The fraction of sp³-hybridized carbons (Fsp3) is 0.439. The number of carbonyl (C=O) groups is 4. The van der Waals surface area contributed by atoms with Gasteiger partial charge >= 0.3 is 0 Å². The molecule has 4 heterocycles. The van der Waals surface area contributed by atoms with Crippen LogP contribution >= 0.6 is 22.9 Å². The summed E-state index contributed by atoms with van der Waals surface area (Å²) < 4.78 is 2.06. The van der Waals surface area contributed by atoms with E-state index in [0.29, 0.717) is 30.2 Å². The minimum atomic E-state index is -0.564. The number of rotatable bonds is 12. The van der Waals surface area contributed by atoms with Crippen molar-refractivity contribution in [2.24, 2.45) is 4.99 Å². The molecule has 0 radical (unpaired) electrons. The summed E-state index contributed by atoms with van der Waals surface area (Å²) in [7, 11) is 0. The molecule has 55 heavy (non-hydrogen) atoms. The molecule has 1 unspecified atom stereocenters. The summed E-state index contributed by atoms with van der Waals surface area (Å²) in [5, 5.41) is 16.5. The minimum Gasteiger partial charge on any atom is -0.369 e. The molecule has 1 aliphatic carbocycles. The fourth-order valence-corrected chi connectivity index (χ4v) is 8.96. The fourth-order valence-electron chi connectivity index (χ4n) is 7.62. The largest absolute Gasteiger partial charge is 0.369 e. The number of amides is 2. The number of ketones is 2. The number of aliphatic imine (C=N–C) groups is 1. The molecule has 2 aliphatic heterocycles. The average Bonchev–Trinajstić information content (AvgIpc) is 3.64. The number of benzene rings is 2. The van der Waals surface area contributed by atoms with Gasteiger partial charge in [-0.15, -0.1) is 21.5 Å². The van der Waals surface area contributed by atoms with Gasteiger partial charge in [0.25, 0.3) is 0 Å². The van der Waals surface area contributed by atoms with Gasteiger partial charge in [-0.1, -0.05) is 35.9 Å². The van der Waals surface area contributed by atoms with Gasteiger partial charge in [-0.2, -0.15) is 0 Å². The van der Waals surface area contributed by atoms with E-state index in [1.54, 1.807) is 11.3 Å². The van der Waals surface area contributed by atoms with Crippen molar-refractivity contribution in [3.05, 3.63) is 92.3 Å². The van der Waals surface area contributed by atoms with Crippen LogP contribution in [0.4, 0.5) is 5.69 Å². The van der Waals surface area contributed by atoms with Crippen LogP contribution in [0.2, 0.25) is 5.02 Å². The highest BCUT2D eigenvalue weighted by Crippen LogP contribution is 2.39. The van der Waals surface area contributed by atoms with E-state index in [9.17, 15) is 19.2 Å². The molecule has 2 aromatic carbocycles. The number of halogens is 1. The van der Waals surface area contributed by atoms with Gasteiger partial charge in [-0.25, -0.2) is 0 Å². The van der Waals surface area contributed by atoms with Crippen LogP contribution in [-0.2, 0) is 25.6 Å². The lowest BCUT2D eigenvalue weighted by Gasteiger charge is -2.36. The van der Waals surface area contributed by atoms with Crippen LogP contribution in [-0.4, -0.2) is 94.1 Å². The van der Waals surface area contributed by atoms with Crippen molar-refractivity contribution in [1.82, 2.24) is 30.3 Å². The predicted octanol–water partition coefficient (Wildman–Crippen LogP) is 5.26. The smallest absolute Gasteiger partial charge is 0.225 e. The van der Waals surface area contributed by atoms with Crippen LogP contribution in [0.1, 0.15) is 83.3 Å². The highest BCUT2D eigenvalue weighted by molar-refractivity contribution is 7.15. The van der Waals surface area contributed by atoms with E-state index >= 15 is 0 Å². The Morgan fingerprint density at radius 3 is 2.51 bits per heavy atom. The molecule has 7 rings (SSSR count). The molecule has 14 heteroatoms. The molecular weight excluding hydrogens is 736 g/mol. The summed E-state index contributed by atoms with van der Waals surface area (Å²) in [4.78, 5) is 60.9. The van der Waals surface area contributed by atoms with Crippen LogP contribution in [0.3, 0.4) is 0 Å². The predicted molar refractivity (Wildman–Crippen MR) is 215 cm³/mol. The molecule has 1 saturated heterocycles.